The van der Waals surface area contributed by atoms with E-state index in [1.807, 2.05) is 18.2 Å². The van der Waals surface area contributed by atoms with Gasteiger partial charge in [0.05, 0.1) is 0 Å². The molecule has 0 atom stereocenters. The number of halogens is 2. The van der Waals surface area contributed by atoms with Gasteiger partial charge in [0.1, 0.15) is 0 Å². The number of hydrogen-bond donors (Lipinski definition) is 1. The lowest BCUT2D eigenvalue weighted by molar-refractivity contribution is 0.324. The van der Waals surface area contributed by atoms with Gasteiger partial charge in [0.2, 0.25) is 0 Å². The van der Waals surface area contributed by atoms with Gasteiger partial charge in [-0.15, -0.1) is 0 Å². The third kappa shape index (κ3) is 4.14. The summed E-state index contributed by atoms with van der Waals surface area (Å²) in [6, 6.07) is 6.42. The molecule has 2 rings (SSSR count). The van der Waals surface area contributed by atoms with Crippen LogP contribution in [0.4, 0.5) is 0 Å². The fraction of sp³-hybridized carbons (Fsp3) is 0.538. The summed E-state index contributed by atoms with van der Waals surface area (Å²) >= 11 is 12.3. The minimum absolute atomic E-state index is 0.750. The van der Waals surface area contributed by atoms with Gasteiger partial charge in [-0.3, -0.25) is 0 Å². The Morgan fingerprint density at radius 1 is 1.29 bits per heavy atom. The Bertz CT molecular complexity index is 357. The third-order valence-corrected chi connectivity index (χ3v) is 3.70. The highest BCUT2D eigenvalue weighted by atomic mass is 35.5. The van der Waals surface area contributed by atoms with Crippen molar-refractivity contribution in [3.05, 3.63) is 33.8 Å². The molecular weight excluding hydrogens is 255 g/mol. The zero-order chi connectivity index (χ0) is 12.3. The maximum atomic E-state index is 6.14. The molecule has 0 amide bonds. The molecule has 0 heterocycles. The maximum absolute atomic E-state index is 6.14. The molecule has 0 saturated heterocycles. The molecule has 0 radical (unpaired) electrons. The van der Waals surface area contributed by atoms with E-state index in [4.69, 9.17) is 23.2 Å². The van der Waals surface area contributed by atoms with E-state index in [0.717, 1.165) is 41.3 Å². The summed E-state index contributed by atoms with van der Waals surface area (Å²) in [5.74, 6) is 0. The van der Waals surface area contributed by atoms with Crippen molar-refractivity contribution in [2.75, 3.05) is 20.1 Å². The second-order valence-corrected chi connectivity index (χ2v) is 5.48. The number of likely N-dealkylation sites (N-methyl/N-ethyl adjacent to an activating group) is 1. The first kappa shape index (κ1) is 13.2. The molecule has 1 saturated carbocycles. The molecule has 0 unspecified atom stereocenters. The number of rotatable bonds is 6. The van der Waals surface area contributed by atoms with Crippen molar-refractivity contribution in [1.82, 2.24) is 10.2 Å². The Morgan fingerprint density at radius 3 is 2.53 bits per heavy atom. The van der Waals surface area contributed by atoms with Gasteiger partial charge in [0.25, 0.3) is 0 Å². The van der Waals surface area contributed by atoms with E-state index in [-0.39, 0.29) is 0 Å². The van der Waals surface area contributed by atoms with E-state index in [1.54, 1.807) is 0 Å². The zero-order valence-electron chi connectivity index (χ0n) is 10.0. The van der Waals surface area contributed by atoms with E-state index in [0.29, 0.717) is 0 Å². The van der Waals surface area contributed by atoms with Gasteiger partial charge in [-0.05, 0) is 32.0 Å². The molecule has 1 aliphatic rings. The molecule has 2 nitrogen and oxygen atoms in total. The Balaban J connectivity index is 1.81. The van der Waals surface area contributed by atoms with Crippen molar-refractivity contribution in [3.63, 3.8) is 0 Å². The SMILES string of the molecule is CN(CCNC1CC1)Cc1c(Cl)cccc1Cl. The van der Waals surface area contributed by atoms with Gasteiger partial charge >= 0.3 is 0 Å². The first-order valence-electron chi connectivity index (χ1n) is 6.01. The van der Waals surface area contributed by atoms with Gasteiger partial charge in [0, 0.05) is 41.3 Å². The van der Waals surface area contributed by atoms with Gasteiger partial charge in [-0.1, -0.05) is 29.3 Å². The molecule has 0 aliphatic heterocycles. The summed E-state index contributed by atoms with van der Waals surface area (Å²) in [5, 5.41) is 4.99. The minimum Gasteiger partial charge on any atom is -0.313 e. The van der Waals surface area contributed by atoms with Crippen molar-refractivity contribution >= 4 is 23.2 Å². The lowest BCUT2D eigenvalue weighted by Crippen LogP contribution is -2.30. The largest absolute Gasteiger partial charge is 0.313 e. The molecule has 1 aromatic rings. The standard InChI is InChI=1S/C13H18Cl2N2/c1-17(8-7-16-10-5-6-10)9-11-12(14)3-2-4-13(11)15/h2-4,10,16H,5-9H2,1H3. The van der Waals surface area contributed by atoms with Crippen LogP contribution < -0.4 is 5.32 Å². The molecule has 94 valence electrons. The molecule has 0 aromatic heterocycles. The van der Waals surface area contributed by atoms with E-state index in [9.17, 15) is 0 Å². The Kier molecular flexibility index (Phi) is 4.69. The van der Waals surface area contributed by atoms with Crippen molar-refractivity contribution in [2.45, 2.75) is 25.4 Å². The summed E-state index contributed by atoms with van der Waals surface area (Å²) < 4.78 is 0. The van der Waals surface area contributed by atoms with Crippen LogP contribution in [0.25, 0.3) is 0 Å². The number of benzene rings is 1. The lowest BCUT2D eigenvalue weighted by atomic mass is 10.2. The molecule has 1 N–H and O–H groups in total. The molecule has 0 spiro atoms. The molecule has 1 aromatic carbocycles. The van der Waals surface area contributed by atoms with Crippen molar-refractivity contribution in [1.29, 1.82) is 0 Å². The van der Waals surface area contributed by atoms with Crippen LogP contribution in [-0.2, 0) is 6.54 Å². The first-order valence-corrected chi connectivity index (χ1v) is 6.77. The number of hydrogen-bond acceptors (Lipinski definition) is 2. The first-order chi connectivity index (χ1) is 8.16. The second kappa shape index (κ2) is 6.05. The second-order valence-electron chi connectivity index (χ2n) is 4.67. The summed E-state index contributed by atoms with van der Waals surface area (Å²) in [6.45, 7) is 2.84. The number of nitrogens with zero attached hydrogens (tertiary/aromatic N) is 1. The van der Waals surface area contributed by atoms with Gasteiger partial charge in [-0.25, -0.2) is 0 Å². The van der Waals surface area contributed by atoms with Crippen LogP contribution in [0.3, 0.4) is 0 Å². The average Bonchev–Trinajstić information content (AvgIpc) is 3.08. The molecule has 4 heteroatoms. The van der Waals surface area contributed by atoms with E-state index < -0.39 is 0 Å². The van der Waals surface area contributed by atoms with Crippen LogP contribution in [0, 0.1) is 0 Å². The van der Waals surface area contributed by atoms with Crippen LogP contribution in [0.1, 0.15) is 18.4 Å². The van der Waals surface area contributed by atoms with Crippen LogP contribution in [0.15, 0.2) is 18.2 Å². The van der Waals surface area contributed by atoms with Gasteiger partial charge < -0.3 is 10.2 Å². The molecule has 1 aliphatic carbocycles. The summed E-state index contributed by atoms with van der Waals surface area (Å²) in [4.78, 5) is 2.24. The van der Waals surface area contributed by atoms with E-state index >= 15 is 0 Å². The smallest absolute Gasteiger partial charge is 0.0465 e. The molecule has 17 heavy (non-hydrogen) atoms. The van der Waals surface area contributed by atoms with Crippen molar-refractivity contribution in [2.24, 2.45) is 0 Å². The third-order valence-electron chi connectivity index (χ3n) is 2.99. The van der Waals surface area contributed by atoms with Crippen LogP contribution in [-0.4, -0.2) is 31.1 Å². The quantitative estimate of drug-likeness (QED) is 0.856. The highest BCUT2D eigenvalue weighted by Crippen LogP contribution is 2.25. The van der Waals surface area contributed by atoms with Gasteiger partial charge in [0.15, 0.2) is 0 Å². The topological polar surface area (TPSA) is 15.3 Å². The van der Waals surface area contributed by atoms with Crippen molar-refractivity contribution < 1.29 is 0 Å². The Labute approximate surface area is 113 Å². The monoisotopic (exact) mass is 272 g/mol. The van der Waals surface area contributed by atoms with E-state index in [1.165, 1.54) is 12.8 Å². The predicted octanol–water partition coefficient (Wildman–Crippen LogP) is 3.18. The molecular formula is C13H18Cl2N2. The van der Waals surface area contributed by atoms with Crippen LogP contribution in [0.2, 0.25) is 10.0 Å². The maximum Gasteiger partial charge on any atom is 0.0465 e. The summed E-state index contributed by atoms with van der Waals surface area (Å²) in [7, 11) is 2.09. The number of nitrogens with one attached hydrogen (secondary N) is 1. The van der Waals surface area contributed by atoms with Crippen LogP contribution in [0.5, 0.6) is 0 Å². The summed E-state index contributed by atoms with van der Waals surface area (Å²) in [5.41, 5.74) is 1.02. The minimum atomic E-state index is 0.750. The fourth-order valence-electron chi connectivity index (χ4n) is 1.78. The fourth-order valence-corrected chi connectivity index (χ4v) is 2.30. The lowest BCUT2D eigenvalue weighted by Gasteiger charge is -2.18. The molecule has 0 bridgehead atoms. The van der Waals surface area contributed by atoms with Crippen LogP contribution >= 0.6 is 23.2 Å². The summed E-state index contributed by atoms with van der Waals surface area (Å²) in [6.07, 6.45) is 2.67. The average molecular weight is 273 g/mol. The van der Waals surface area contributed by atoms with Crippen molar-refractivity contribution in [3.8, 4) is 0 Å². The van der Waals surface area contributed by atoms with E-state index in [2.05, 4.69) is 17.3 Å². The predicted molar refractivity (Wildman–Crippen MR) is 73.8 cm³/mol. The highest BCUT2D eigenvalue weighted by Gasteiger charge is 2.19. The highest BCUT2D eigenvalue weighted by molar-refractivity contribution is 6.35. The zero-order valence-corrected chi connectivity index (χ0v) is 11.6. The molecule has 1 fully saturated rings. The normalized spacial score (nSPS) is 15.5. The van der Waals surface area contributed by atoms with Gasteiger partial charge in [-0.2, -0.15) is 0 Å². The Morgan fingerprint density at radius 2 is 1.94 bits per heavy atom. The Hall–Kier alpha value is -0.280.